The third-order valence-electron chi connectivity index (χ3n) is 8.06. The summed E-state index contributed by atoms with van der Waals surface area (Å²) in [5.41, 5.74) is 3.18. The summed E-state index contributed by atoms with van der Waals surface area (Å²) in [7, 11) is 6.63. The van der Waals surface area contributed by atoms with Crippen LogP contribution in [0, 0.1) is 17.8 Å². The predicted octanol–water partition coefficient (Wildman–Crippen LogP) is -0.237. The summed E-state index contributed by atoms with van der Waals surface area (Å²) in [6, 6.07) is 0.537. The number of carbonyl (C=O) groups is 4. The van der Waals surface area contributed by atoms with Crippen molar-refractivity contribution in [1.29, 1.82) is 0 Å². The fourth-order valence-corrected chi connectivity index (χ4v) is 6.42. The zero-order valence-corrected chi connectivity index (χ0v) is 22.4. The Labute approximate surface area is 224 Å². The lowest BCUT2D eigenvalue weighted by molar-refractivity contribution is -0.184. The fourth-order valence-electron chi connectivity index (χ4n) is 6.42. The van der Waals surface area contributed by atoms with Crippen LogP contribution in [0.25, 0.3) is 5.76 Å². The van der Waals surface area contributed by atoms with Crippen LogP contribution in [0.1, 0.15) is 24.5 Å². The minimum atomic E-state index is -2.74. The molecule has 2 fully saturated rings. The van der Waals surface area contributed by atoms with E-state index in [-0.39, 0.29) is 36.3 Å². The van der Waals surface area contributed by atoms with E-state index < -0.39 is 70.6 Å². The normalized spacial score (nSPS) is 29.9. The van der Waals surface area contributed by atoms with Gasteiger partial charge in [-0.15, -0.1) is 0 Å². The number of rotatable bonds is 5. The van der Waals surface area contributed by atoms with E-state index in [0.29, 0.717) is 11.3 Å². The maximum Gasteiger partial charge on any atom is 0.411 e. The molecule has 4 rings (SSSR count). The lowest BCUT2D eigenvalue weighted by atomic mass is 9.54. The van der Waals surface area contributed by atoms with Gasteiger partial charge in [-0.25, -0.2) is 4.79 Å². The number of phenolic OH excluding ortho intramolecular Hbond substituents is 1. The van der Waals surface area contributed by atoms with Crippen LogP contribution in [-0.2, 0) is 25.5 Å². The number of nitrogens with two attached hydrogens (primary N) is 1. The minimum absolute atomic E-state index is 0.00859. The van der Waals surface area contributed by atoms with Crippen molar-refractivity contribution in [3.8, 4) is 5.75 Å². The van der Waals surface area contributed by atoms with Crippen LogP contribution in [-0.4, -0.2) is 101 Å². The molecule has 0 aliphatic heterocycles. The number of nitrogens with zero attached hydrogens (tertiary/aromatic N) is 2. The molecule has 2 saturated carbocycles. The van der Waals surface area contributed by atoms with E-state index in [0.717, 1.165) is 0 Å². The van der Waals surface area contributed by atoms with Crippen LogP contribution >= 0.6 is 0 Å². The maximum absolute atomic E-state index is 13.9. The van der Waals surface area contributed by atoms with E-state index in [1.807, 2.05) is 0 Å². The van der Waals surface area contributed by atoms with Crippen molar-refractivity contribution < 1.29 is 44.3 Å². The lowest BCUT2D eigenvalue weighted by Gasteiger charge is -2.53. The lowest BCUT2D eigenvalue weighted by Crippen LogP contribution is -2.73. The first-order chi connectivity index (χ1) is 18.2. The van der Waals surface area contributed by atoms with Gasteiger partial charge < -0.3 is 40.7 Å². The highest BCUT2D eigenvalue weighted by Gasteiger charge is 2.67. The molecule has 3 aliphatic rings. The van der Waals surface area contributed by atoms with Crippen molar-refractivity contribution in [2.75, 3.05) is 45.0 Å². The van der Waals surface area contributed by atoms with Crippen LogP contribution in [0.3, 0.4) is 0 Å². The monoisotopic (exact) mass is 546 g/mol. The number of aliphatic hydroxyl groups is 3. The number of anilines is 2. The molecule has 2 amide bonds. The molecular formula is C26H34N4O9. The van der Waals surface area contributed by atoms with Gasteiger partial charge >= 0.3 is 6.09 Å². The summed E-state index contributed by atoms with van der Waals surface area (Å²) in [5, 5.41) is 47.6. The highest BCUT2D eigenvalue weighted by Crippen LogP contribution is 2.54. The Morgan fingerprint density at radius 3 is 2.38 bits per heavy atom. The number of primary amides is 1. The average Bonchev–Trinajstić information content (AvgIpc) is 2.82. The summed E-state index contributed by atoms with van der Waals surface area (Å²) in [6.45, 7) is 1.68. The van der Waals surface area contributed by atoms with Gasteiger partial charge in [-0.2, -0.15) is 0 Å². The fraction of sp³-hybridized carbons (Fsp3) is 0.538. The second-order valence-corrected chi connectivity index (χ2v) is 10.7. The third-order valence-corrected chi connectivity index (χ3v) is 8.06. The molecule has 0 spiro atoms. The first-order valence-electron chi connectivity index (χ1n) is 12.6. The SMILES string of the molecule is CCOC(=O)Nc1cc(N(C)C)c2c(c1O)C(O)=C1C(=O)[C@]3(O)C(=O)C(C(N)=O)C(O)[C@@H](N(C)C)[C@@H]3C[C@@H]1C2. The largest absolute Gasteiger partial charge is 0.507 e. The number of fused-ring (bicyclic) bond motifs is 3. The molecule has 0 aromatic heterocycles. The van der Waals surface area contributed by atoms with Crippen molar-refractivity contribution in [2.45, 2.75) is 37.5 Å². The van der Waals surface area contributed by atoms with Gasteiger partial charge in [0, 0.05) is 37.3 Å². The van der Waals surface area contributed by atoms with Crippen LogP contribution in [0.5, 0.6) is 5.75 Å². The number of hydrogen-bond donors (Lipinski definition) is 6. The second kappa shape index (κ2) is 9.81. The topological polar surface area (TPSA) is 203 Å². The predicted molar refractivity (Wildman–Crippen MR) is 139 cm³/mol. The summed E-state index contributed by atoms with van der Waals surface area (Å²) in [6.07, 6.45) is -2.26. The number of benzene rings is 1. The Balaban J connectivity index is 1.93. The van der Waals surface area contributed by atoms with E-state index in [1.54, 1.807) is 40.0 Å². The number of ketones is 2. The smallest absolute Gasteiger partial charge is 0.411 e. The van der Waals surface area contributed by atoms with Crippen molar-refractivity contribution in [3.63, 3.8) is 0 Å². The van der Waals surface area contributed by atoms with E-state index in [1.165, 1.54) is 11.0 Å². The van der Waals surface area contributed by atoms with Gasteiger partial charge in [-0.3, -0.25) is 19.7 Å². The molecule has 212 valence electrons. The molecular weight excluding hydrogens is 512 g/mol. The van der Waals surface area contributed by atoms with E-state index in [9.17, 15) is 39.6 Å². The minimum Gasteiger partial charge on any atom is -0.507 e. The first kappa shape index (κ1) is 28.3. The van der Waals surface area contributed by atoms with Gasteiger partial charge in [0.1, 0.15) is 11.7 Å². The zero-order chi connectivity index (χ0) is 29.1. The van der Waals surface area contributed by atoms with Crippen molar-refractivity contribution in [2.24, 2.45) is 23.5 Å². The number of phenols is 1. The van der Waals surface area contributed by atoms with Crippen molar-refractivity contribution in [3.05, 3.63) is 22.8 Å². The molecule has 13 heteroatoms. The molecule has 7 N–H and O–H groups in total. The Kier molecular flexibility index (Phi) is 7.13. The zero-order valence-electron chi connectivity index (χ0n) is 22.4. The molecule has 1 aromatic rings. The van der Waals surface area contributed by atoms with Gasteiger partial charge in [0.15, 0.2) is 17.1 Å². The van der Waals surface area contributed by atoms with Crippen molar-refractivity contribution >= 4 is 40.7 Å². The summed E-state index contributed by atoms with van der Waals surface area (Å²) >= 11 is 0. The number of aromatic hydroxyl groups is 1. The van der Waals surface area contributed by atoms with Gasteiger partial charge in [0.2, 0.25) is 11.7 Å². The first-order valence-corrected chi connectivity index (χ1v) is 12.6. The van der Waals surface area contributed by atoms with E-state index >= 15 is 0 Å². The number of amides is 2. The molecule has 0 saturated heterocycles. The number of likely N-dealkylation sites (N-methyl/N-ethyl adjacent to an activating group) is 1. The molecule has 1 aromatic carbocycles. The van der Waals surface area contributed by atoms with Gasteiger partial charge in [-0.1, -0.05) is 0 Å². The summed E-state index contributed by atoms with van der Waals surface area (Å²) in [5.74, 6) is -8.34. The van der Waals surface area contributed by atoms with Crippen LogP contribution in [0.2, 0.25) is 0 Å². The maximum atomic E-state index is 13.9. The highest BCUT2D eigenvalue weighted by molar-refractivity contribution is 6.25. The van der Waals surface area contributed by atoms with Crippen molar-refractivity contribution in [1.82, 2.24) is 4.90 Å². The van der Waals surface area contributed by atoms with Gasteiger partial charge in [0.05, 0.1) is 24.0 Å². The molecule has 0 heterocycles. The molecule has 2 unspecified atom stereocenters. The average molecular weight is 547 g/mol. The van der Waals surface area contributed by atoms with E-state index in [2.05, 4.69) is 5.32 Å². The van der Waals surface area contributed by atoms with Crippen LogP contribution in [0.4, 0.5) is 16.2 Å². The number of carbonyl (C=O) groups excluding carboxylic acids is 4. The second-order valence-electron chi connectivity index (χ2n) is 10.7. The standard InChI is InChI=1S/C26H34N4O9/c1-6-39-25(37)28-13-9-14(29(2)3)11-7-10-8-12-18(30(4)5)21(33)17(24(27)36)23(35)26(12,38)22(34)15(10)20(32)16(11)19(13)31/h9-10,12,17-18,21,31-33,38H,6-8H2,1-5H3,(H2,27,36)(H,28,37)/t10-,12-,17?,18-,21?,26-/m0/s1. The third kappa shape index (κ3) is 4.12. The molecule has 0 bridgehead atoms. The molecule has 0 radical (unpaired) electrons. The molecule has 6 atom stereocenters. The summed E-state index contributed by atoms with van der Waals surface area (Å²) in [4.78, 5) is 54.8. The van der Waals surface area contributed by atoms with Gasteiger partial charge in [-0.05, 0) is 51.4 Å². The molecule has 3 aliphatic carbocycles. The number of Topliss-reactive ketones (excluding diaryl/α,β-unsaturated/α-hetero) is 2. The summed E-state index contributed by atoms with van der Waals surface area (Å²) < 4.78 is 4.89. The Morgan fingerprint density at radius 2 is 1.85 bits per heavy atom. The number of nitrogens with one attached hydrogen (secondary N) is 1. The molecule has 39 heavy (non-hydrogen) atoms. The van der Waals surface area contributed by atoms with Gasteiger partial charge in [0.25, 0.3) is 0 Å². The Bertz CT molecular complexity index is 1290. The Morgan fingerprint density at radius 1 is 1.21 bits per heavy atom. The number of ether oxygens (including phenoxy) is 1. The number of hydrogen-bond acceptors (Lipinski definition) is 11. The Hall–Kier alpha value is -3.68. The highest BCUT2D eigenvalue weighted by atomic mass is 16.5. The van der Waals surface area contributed by atoms with E-state index in [4.69, 9.17) is 10.5 Å². The quantitative estimate of drug-likeness (QED) is 0.210. The molecule has 13 nitrogen and oxygen atoms in total. The number of aliphatic hydroxyl groups excluding tert-OH is 2. The van der Waals surface area contributed by atoms with Crippen LogP contribution < -0.4 is 16.0 Å². The van der Waals surface area contributed by atoms with Crippen LogP contribution in [0.15, 0.2) is 11.6 Å².